The quantitative estimate of drug-likeness (QED) is 0.241. The molecule has 1 N–H and O–H groups in total. The largest absolute Gasteiger partial charge is 0.513 e. The summed E-state index contributed by atoms with van der Waals surface area (Å²) in [5, 5.41) is 10.6. The van der Waals surface area contributed by atoms with Crippen molar-refractivity contribution in [1.82, 2.24) is 0 Å². The smallest absolute Gasteiger partial charge is 0.350 e. The first kappa shape index (κ1) is 24.2. The van der Waals surface area contributed by atoms with E-state index in [2.05, 4.69) is 9.85 Å². The third kappa shape index (κ3) is 3.84. The Morgan fingerprint density at radius 1 is 0.758 bits per heavy atom. The molecule has 1 heterocycles. The van der Waals surface area contributed by atoms with E-state index in [4.69, 9.17) is 23.7 Å². The summed E-state index contributed by atoms with van der Waals surface area (Å²) < 4.78 is 28.3. The normalized spacial score (nSPS) is 12.4. The molecule has 2 radical (unpaired) electrons. The summed E-state index contributed by atoms with van der Waals surface area (Å²) in [6, 6.07) is 0. The van der Waals surface area contributed by atoms with Crippen molar-refractivity contribution in [2.24, 2.45) is 0 Å². The number of carbonyl (C=O) groups is 3. The van der Waals surface area contributed by atoms with E-state index in [9.17, 15) is 19.5 Å². The number of ketones is 1. The Morgan fingerprint density at radius 3 is 1.45 bits per heavy atom. The summed E-state index contributed by atoms with van der Waals surface area (Å²) in [6.07, 6.45) is 0. The van der Waals surface area contributed by atoms with Crippen LogP contribution in [0.5, 0.6) is 23.0 Å². The lowest BCUT2D eigenvalue weighted by atomic mass is 9.90. The van der Waals surface area contributed by atoms with Gasteiger partial charge in [0.05, 0.1) is 63.5 Å². The van der Waals surface area contributed by atoms with Crippen LogP contribution in [0.3, 0.4) is 0 Å². The van der Waals surface area contributed by atoms with Gasteiger partial charge in [-0.3, -0.25) is 4.79 Å². The van der Waals surface area contributed by atoms with Crippen LogP contribution in [0.25, 0.3) is 10.8 Å². The van der Waals surface area contributed by atoms with E-state index in [1.165, 1.54) is 6.92 Å². The Kier molecular flexibility index (Phi) is 7.06. The molecular formula is C23H24O9Si. The van der Waals surface area contributed by atoms with Crippen LogP contribution >= 0.6 is 0 Å². The molecule has 0 aliphatic carbocycles. The maximum atomic E-state index is 12.8. The lowest BCUT2D eigenvalue weighted by Crippen LogP contribution is -2.16. The Bertz CT molecular complexity index is 1090. The van der Waals surface area contributed by atoms with E-state index in [0.29, 0.717) is 0 Å². The van der Waals surface area contributed by atoms with Gasteiger partial charge >= 0.3 is 11.9 Å². The molecule has 0 atom stereocenters. The summed E-state index contributed by atoms with van der Waals surface area (Å²) in [5.74, 6) is -2.09. The average Bonchev–Trinajstić information content (AvgIpc) is 3.04. The molecule has 0 unspecified atom stereocenters. The molecule has 174 valence electrons. The van der Waals surface area contributed by atoms with E-state index in [1.54, 1.807) is 27.7 Å². The monoisotopic (exact) mass is 472 g/mol. The second kappa shape index (κ2) is 9.61. The minimum absolute atomic E-state index is 0.00806. The maximum absolute atomic E-state index is 12.8. The Labute approximate surface area is 193 Å². The number of rotatable bonds is 10. The fourth-order valence-corrected chi connectivity index (χ4v) is 4.15. The Balaban J connectivity index is 2.79. The summed E-state index contributed by atoms with van der Waals surface area (Å²) in [5.41, 5.74) is -0.189. The van der Waals surface area contributed by atoms with Crippen molar-refractivity contribution < 1.29 is 43.2 Å². The number of benzene rings is 2. The molecule has 0 spiro atoms. The van der Waals surface area contributed by atoms with Crippen molar-refractivity contribution >= 4 is 43.7 Å². The number of aliphatic hydroxyl groups excluding tert-OH is 1. The highest BCUT2D eigenvalue weighted by molar-refractivity contribution is 6.42. The van der Waals surface area contributed by atoms with Gasteiger partial charge in [-0.2, -0.15) is 0 Å². The number of hydrogen-bond acceptors (Lipinski definition) is 9. The fourth-order valence-electron chi connectivity index (χ4n) is 3.91. The van der Waals surface area contributed by atoms with Crippen LogP contribution in [0.2, 0.25) is 0 Å². The van der Waals surface area contributed by atoms with Crippen molar-refractivity contribution in [1.29, 1.82) is 0 Å². The highest BCUT2D eigenvalue weighted by atomic mass is 28.1. The van der Waals surface area contributed by atoms with Crippen LogP contribution in [-0.2, 0) is 4.74 Å². The average molecular weight is 473 g/mol. The number of esters is 2. The number of fused-ring (bicyclic) bond motifs is 2. The molecule has 0 saturated carbocycles. The number of Topliss-reactive ketones (excluding diaryl/α,β-unsaturated/α-hetero) is 1. The molecule has 2 aromatic rings. The molecule has 0 amide bonds. The summed E-state index contributed by atoms with van der Waals surface area (Å²) >= 11 is 0. The van der Waals surface area contributed by atoms with Crippen molar-refractivity contribution in [3.05, 3.63) is 22.3 Å². The molecule has 2 aromatic carbocycles. The molecule has 0 aromatic heterocycles. The fraction of sp³-hybridized carbons (Fsp3) is 0.391. The number of hydrogen-bond donors (Lipinski definition) is 1. The molecule has 33 heavy (non-hydrogen) atoms. The predicted molar refractivity (Wildman–Crippen MR) is 120 cm³/mol. The highest BCUT2D eigenvalue weighted by Gasteiger charge is 2.42. The second-order valence-corrected chi connectivity index (χ2v) is 7.35. The molecule has 0 saturated heterocycles. The molecule has 1 aliphatic rings. The van der Waals surface area contributed by atoms with Crippen LogP contribution in [-0.4, -0.2) is 64.5 Å². The molecule has 10 heteroatoms. The zero-order valence-electron chi connectivity index (χ0n) is 19.0. The van der Waals surface area contributed by atoms with Gasteiger partial charge in [-0.25, -0.2) is 9.59 Å². The minimum atomic E-state index is -0.898. The second-order valence-electron chi connectivity index (χ2n) is 6.88. The zero-order valence-corrected chi connectivity index (χ0v) is 20.0. The van der Waals surface area contributed by atoms with Crippen LogP contribution in [0.4, 0.5) is 0 Å². The predicted octanol–water partition coefficient (Wildman–Crippen LogP) is 2.97. The van der Waals surface area contributed by atoms with Gasteiger partial charge < -0.3 is 28.8 Å². The number of carbonyl (C=O) groups excluding carboxylic acids is 3. The lowest BCUT2D eigenvalue weighted by Gasteiger charge is -2.24. The van der Waals surface area contributed by atoms with Crippen molar-refractivity contribution in [3.8, 4) is 23.0 Å². The van der Waals surface area contributed by atoms with Gasteiger partial charge in [0.25, 0.3) is 0 Å². The molecule has 9 nitrogen and oxygen atoms in total. The van der Waals surface area contributed by atoms with E-state index in [0.717, 1.165) is 0 Å². The van der Waals surface area contributed by atoms with Gasteiger partial charge in [0.1, 0.15) is 34.1 Å². The summed E-state index contributed by atoms with van der Waals surface area (Å²) in [6.45, 7) is 8.76. The zero-order chi connectivity index (χ0) is 24.4. The van der Waals surface area contributed by atoms with Crippen LogP contribution in [0, 0.1) is 0 Å². The lowest BCUT2D eigenvalue weighted by molar-refractivity contribution is 0.0441. The van der Waals surface area contributed by atoms with E-state index in [1.807, 2.05) is 0 Å². The molecule has 0 fully saturated rings. The van der Waals surface area contributed by atoms with Gasteiger partial charge in [-0.15, -0.1) is 0 Å². The third-order valence-corrected chi connectivity index (χ3v) is 5.15. The first-order valence-corrected chi connectivity index (χ1v) is 11.0. The standard InChI is InChI=1S/C23H24O9Si/c1-6-28-17-11(10(5)24)16(23(27)33)20(31-9-4)13-12(17)18(29-7-2)14-15(19(13)30-8-3)22(26)32-21(14)25/h27H,6-9H2,1-5H3. The maximum Gasteiger partial charge on any atom is 0.350 e. The van der Waals surface area contributed by atoms with Crippen LogP contribution in [0.15, 0.2) is 0 Å². The first-order chi connectivity index (χ1) is 15.7. The van der Waals surface area contributed by atoms with Crippen LogP contribution in [0.1, 0.15) is 71.3 Å². The Morgan fingerprint density at radius 2 is 1.12 bits per heavy atom. The topological polar surface area (TPSA) is 118 Å². The van der Waals surface area contributed by atoms with Crippen molar-refractivity contribution in [2.45, 2.75) is 34.6 Å². The molecule has 0 bridgehead atoms. The first-order valence-electron chi connectivity index (χ1n) is 10.5. The van der Waals surface area contributed by atoms with E-state index < -0.39 is 17.7 Å². The van der Waals surface area contributed by atoms with Gasteiger partial charge in [-0.1, -0.05) is 0 Å². The van der Waals surface area contributed by atoms with Crippen molar-refractivity contribution in [2.75, 3.05) is 26.4 Å². The SMILES string of the molecule is CCOc1c(C(C)=O)c(C(O)=[Si])c(OCC)c2c(OCC)c3c(c(OCC)c12)C(=O)OC3=O. The number of cyclic esters (lactones) is 2. The van der Waals surface area contributed by atoms with Crippen molar-refractivity contribution in [3.63, 3.8) is 0 Å². The van der Waals surface area contributed by atoms with Crippen LogP contribution < -0.4 is 18.9 Å². The Hall–Kier alpha value is -3.40. The van der Waals surface area contributed by atoms with Gasteiger partial charge in [0, 0.05) is 0 Å². The van der Waals surface area contributed by atoms with Gasteiger partial charge in [-0.05, 0) is 34.6 Å². The molecular weight excluding hydrogens is 448 g/mol. The van der Waals surface area contributed by atoms with Gasteiger partial charge in [0.2, 0.25) is 0 Å². The minimum Gasteiger partial charge on any atom is -0.513 e. The van der Waals surface area contributed by atoms with Gasteiger partial charge in [0.15, 0.2) is 5.78 Å². The third-order valence-electron chi connectivity index (χ3n) is 4.90. The number of ether oxygens (including phenoxy) is 5. The highest BCUT2D eigenvalue weighted by Crippen LogP contribution is 2.54. The molecule has 1 aliphatic heterocycles. The van der Waals surface area contributed by atoms with E-state index in [-0.39, 0.29) is 87.8 Å². The molecule has 3 rings (SSSR count). The summed E-state index contributed by atoms with van der Waals surface area (Å²) in [4.78, 5) is 38.1. The number of aliphatic hydroxyl groups is 1. The van der Waals surface area contributed by atoms with E-state index >= 15 is 0 Å². The summed E-state index contributed by atoms with van der Waals surface area (Å²) in [7, 11) is 3.12.